The van der Waals surface area contributed by atoms with Crippen molar-refractivity contribution >= 4 is 22.5 Å². The first kappa shape index (κ1) is 15.5. The standard InChI is InChI=1S/C17H16ClN3O2/c1-9(2)16-20-14-7-12(22)4-5-13(14)17(23)21(16)11-6-10(3)15(18)19-8-11/h4-9,22H,1-3H3. The maximum atomic E-state index is 12.9. The number of phenolic OH excluding ortho intramolecular Hbond substituents is 1. The van der Waals surface area contributed by atoms with Gasteiger partial charge < -0.3 is 5.11 Å². The fourth-order valence-electron chi connectivity index (χ4n) is 2.49. The van der Waals surface area contributed by atoms with E-state index in [4.69, 9.17) is 11.6 Å². The molecule has 5 nitrogen and oxygen atoms in total. The van der Waals surface area contributed by atoms with Gasteiger partial charge in [0.05, 0.1) is 22.8 Å². The Bertz CT molecular complexity index is 964. The molecule has 0 aliphatic carbocycles. The lowest BCUT2D eigenvalue weighted by Crippen LogP contribution is -2.24. The Labute approximate surface area is 138 Å². The van der Waals surface area contributed by atoms with E-state index >= 15 is 0 Å². The highest BCUT2D eigenvalue weighted by Crippen LogP contribution is 2.22. The zero-order chi connectivity index (χ0) is 16.7. The molecule has 0 saturated heterocycles. The molecular formula is C17H16ClN3O2. The van der Waals surface area contributed by atoms with E-state index < -0.39 is 0 Å². The number of phenols is 1. The second kappa shape index (κ2) is 5.66. The van der Waals surface area contributed by atoms with Crippen molar-refractivity contribution in [3.8, 4) is 11.4 Å². The van der Waals surface area contributed by atoms with E-state index in [2.05, 4.69) is 9.97 Å². The van der Waals surface area contributed by atoms with Gasteiger partial charge in [-0.05, 0) is 30.7 Å². The Morgan fingerprint density at radius 2 is 2.00 bits per heavy atom. The first-order valence-corrected chi connectivity index (χ1v) is 7.64. The molecule has 0 atom stereocenters. The van der Waals surface area contributed by atoms with Crippen molar-refractivity contribution < 1.29 is 5.11 Å². The Morgan fingerprint density at radius 1 is 1.26 bits per heavy atom. The molecule has 1 aromatic carbocycles. The molecule has 0 aliphatic rings. The van der Waals surface area contributed by atoms with Crippen LogP contribution in [0, 0.1) is 6.92 Å². The normalized spacial score (nSPS) is 11.3. The van der Waals surface area contributed by atoms with Crippen LogP contribution in [0.2, 0.25) is 5.15 Å². The number of aromatic hydroxyl groups is 1. The molecule has 0 bridgehead atoms. The summed E-state index contributed by atoms with van der Waals surface area (Å²) in [5.74, 6) is 0.711. The Hall–Kier alpha value is -2.40. The van der Waals surface area contributed by atoms with Gasteiger partial charge in [-0.1, -0.05) is 25.4 Å². The molecule has 23 heavy (non-hydrogen) atoms. The number of rotatable bonds is 2. The smallest absolute Gasteiger partial charge is 0.266 e. The molecule has 2 heterocycles. The Morgan fingerprint density at radius 3 is 2.65 bits per heavy atom. The van der Waals surface area contributed by atoms with E-state index in [-0.39, 0.29) is 17.2 Å². The maximum absolute atomic E-state index is 12.9. The van der Waals surface area contributed by atoms with Gasteiger partial charge >= 0.3 is 0 Å². The summed E-state index contributed by atoms with van der Waals surface area (Å²) in [6.07, 6.45) is 1.57. The summed E-state index contributed by atoms with van der Waals surface area (Å²) in [7, 11) is 0. The van der Waals surface area contributed by atoms with Gasteiger partial charge in [0, 0.05) is 12.0 Å². The minimum absolute atomic E-state index is 0.0189. The van der Waals surface area contributed by atoms with Crippen molar-refractivity contribution in [2.75, 3.05) is 0 Å². The molecule has 0 spiro atoms. The first-order chi connectivity index (χ1) is 10.9. The molecule has 6 heteroatoms. The van der Waals surface area contributed by atoms with Crippen LogP contribution in [-0.4, -0.2) is 19.6 Å². The minimum Gasteiger partial charge on any atom is -0.508 e. The molecule has 1 N–H and O–H groups in total. The third-order valence-corrected chi connectivity index (χ3v) is 4.05. The van der Waals surface area contributed by atoms with Gasteiger partial charge in [-0.15, -0.1) is 0 Å². The Kier molecular flexibility index (Phi) is 3.82. The second-order valence-electron chi connectivity index (χ2n) is 5.77. The highest BCUT2D eigenvalue weighted by atomic mass is 35.5. The molecule has 0 fully saturated rings. The molecule has 0 unspecified atom stereocenters. The molecule has 0 amide bonds. The predicted molar refractivity (Wildman–Crippen MR) is 90.6 cm³/mol. The van der Waals surface area contributed by atoms with E-state index in [0.29, 0.717) is 27.6 Å². The summed E-state index contributed by atoms with van der Waals surface area (Å²) in [4.78, 5) is 21.6. The van der Waals surface area contributed by atoms with Crippen LogP contribution >= 0.6 is 11.6 Å². The first-order valence-electron chi connectivity index (χ1n) is 7.26. The summed E-state index contributed by atoms with van der Waals surface area (Å²) in [6.45, 7) is 5.76. The summed E-state index contributed by atoms with van der Waals surface area (Å²) in [5.41, 5.74) is 1.70. The van der Waals surface area contributed by atoms with Crippen molar-refractivity contribution in [2.45, 2.75) is 26.7 Å². The quantitative estimate of drug-likeness (QED) is 0.730. The average Bonchev–Trinajstić information content (AvgIpc) is 2.49. The van der Waals surface area contributed by atoms with E-state index in [0.717, 1.165) is 5.56 Å². The number of fused-ring (bicyclic) bond motifs is 1. The van der Waals surface area contributed by atoms with Crippen molar-refractivity contribution in [1.82, 2.24) is 14.5 Å². The molecule has 0 radical (unpaired) electrons. The highest BCUT2D eigenvalue weighted by molar-refractivity contribution is 6.30. The van der Waals surface area contributed by atoms with Gasteiger partial charge in [0.15, 0.2) is 0 Å². The number of halogens is 1. The van der Waals surface area contributed by atoms with Crippen molar-refractivity contribution in [3.63, 3.8) is 0 Å². The molecule has 118 valence electrons. The summed E-state index contributed by atoms with van der Waals surface area (Å²) < 4.78 is 1.56. The summed E-state index contributed by atoms with van der Waals surface area (Å²) >= 11 is 5.98. The molecule has 3 aromatic rings. The molecule has 0 aliphatic heterocycles. The predicted octanol–water partition coefficient (Wildman–Crippen LogP) is 3.57. The number of nitrogens with zero attached hydrogens (tertiary/aromatic N) is 3. The average molecular weight is 330 g/mol. The number of aryl methyl sites for hydroxylation is 1. The molecule has 3 rings (SSSR count). The lowest BCUT2D eigenvalue weighted by Gasteiger charge is -2.16. The van der Waals surface area contributed by atoms with Crippen LogP contribution in [0.5, 0.6) is 5.75 Å². The van der Waals surface area contributed by atoms with E-state index in [1.165, 1.54) is 12.1 Å². The number of pyridine rings is 1. The fraction of sp³-hybridized carbons (Fsp3) is 0.235. The van der Waals surface area contributed by atoms with E-state index in [1.54, 1.807) is 16.8 Å². The number of benzene rings is 1. The third kappa shape index (κ3) is 2.68. The number of aromatic nitrogens is 3. The van der Waals surface area contributed by atoms with E-state index in [9.17, 15) is 9.90 Å². The summed E-state index contributed by atoms with van der Waals surface area (Å²) in [6, 6.07) is 6.38. The third-order valence-electron chi connectivity index (χ3n) is 3.65. The molecular weight excluding hydrogens is 314 g/mol. The van der Waals surface area contributed by atoms with Gasteiger partial charge in [0.2, 0.25) is 0 Å². The van der Waals surface area contributed by atoms with Crippen LogP contribution in [0.3, 0.4) is 0 Å². The van der Waals surface area contributed by atoms with Crippen LogP contribution < -0.4 is 5.56 Å². The van der Waals surface area contributed by atoms with Gasteiger partial charge in [0.1, 0.15) is 16.7 Å². The Balaban J connectivity index is 2.40. The number of hydrogen-bond donors (Lipinski definition) is 1. The monoisotopic (exact) mass is 329 g/mol. The van der Waals surface area contributed by atoms with Crippen LogP contribution in [0.4, 0.5) is 0 Å². The fourth-order valence-corrected chi connectivity index (χ4v) is 2.60. The maximum Gasteiger partial charge on any atom is 0.266 e. The zero-order valence-corrected chi connectivity index (χ0v) is 13.8. The lowest BCUT2D eigenvalue weighted by molar-refractivity contribution is 0.476. The van der Waals surface area contributed by atoms with Gasteiger partial charge in [-0.2, -0.15) is 0 Å². The summed E-state index contributed by atoms with van der Waals surface area (Å²) in [5, 5.41) is 10.5. The zero-order valence-electron chi connectivity index (χ0n) is 13.0. The van der Waals surface area contributed by atoms with Crippen molar-refractivity contribution in [3.05, 3.63) is 57.4 Å². The second-order valence-corrected chi connectivity index (χ2v) is 6.13. The topological polar surface area (TPSA) is 68.0 Å². The van der Waals surface area contributed by atoms with Crippen molar-refractivity contribution in [2.24, 2.45) is 0 Å². The largest absolute Gasteiger partial charge is 0.508 e. The number of hydrogen-bond acceptors (Lipinski definition) is 4. The van der Waals surface area contributed by atoms with Crippen LogP contribution in [-0.2, 0) is 0 Å². The van der Waals surface area contributed by atoms with Crippen LogP contribution in [0.15, 0.2) is 35.3 Å². The molecule has 0 saturated carbocycles. The van der Waals surface area contributed by atoms with Crippen LogP contribution in [0.1, 0.15) is 31.2 Å². The molecule has 2 aromatic heterocycles. The lowest BCUT2D eigenvalue weighted by atomic mass is 10.1. The highest BCUT2D eigenvalue weighted by Gasteiger charge is 2.16. The SMILES string of the molecule is Cc1cc(-n2c(C(C)C)nc3cc(O)ccc3c2=O)cnc1Cl. The van der Waals surface area contributed by atoms with Crippen LogP contribution in [0.25, 0.3) is 16.6 Å². The van der Waals surface area contributed by atoms with Gasteiger partial charge in [-0.25, -0.2) is 9.97 Å². The van der Waals surface area contributed by atoms with Gasteiger partial charge in [-0.3, -0.25) is 9.36 Å². The van der Waals surface area contributed by atoms with Crippen molar-refractivity contribution in [1.29, 1.82) is 0 Å². The van der Waals surface area contributed by atoms with Gasteiger partial charge in [0.25, 0.3) is 5.56 Å². The minimum atomic E-state index is -0.192. The van der Waals surface area contributed by atoms with E-state index in [1.807, 2.05) is 26.8 Å².